The first-order valence-electron chi connectivity index (χ1n) is 16.6. The highest BCUT2D eigenvalue weighted by Crippen LogP contribution is 2.38. The van der Waals surface area contributed by atoms with Gasteiger partial charge in [-0.05, 0) is 77.7 Å². The number of carbonyl (C=O) groups excluding carboxylic acids is 2. The summed E-state index contributed by atoms with van der Waals surface area (Å²) in [6, 6.07) is -4.45. The van der Waals surface area contributed by atoms with Crippen LogP contribution in [0.15, 0.2) is 17.0 Å². The van der Waals surface area contributed by atoms with E-state index in [2.05, 4.69) is 26.4 Å². The quantitative estimate of drug-likeness (QED) is 0.0856. The third-order valence-corrected chi connectivity index (χ3v) is 9.86. The van der Waals surface area contributed by atoms with Gasteiger partial charge in [-0.2, -0.15) is 4.91 Å². The minimum atomic E-state index is -1.44. The number of nitroso groups, excluding NO2 is 1. The van der Waals surface area contributed by atoms with Crippen molar-refractivity contribution >= 4 is 11.8 Å². The summed E-state index contributed by atoms with van der Waals surface area (Å²) in [7, 11) is 1.57. The molecule has 4 rings (SSSR count). The van der Waals surface area contributed by atoms with Crippen molar-refractivity contribution in [2.24, 2.45) is 34.2 Å². The minimum absolute atomic E-state index is 0.0000901. The predicted molar refractivity (Wildman–Crippen MR) is 170 cm³/mol. The van der Waals surface area contributed by atoms with Gasteiger partial charge in [-0.3, -0.25) is 9.59 Å². The summed E-state index contributed by atoms with van der Waals surface area (Å²) < 4.78 is 18.3. The number of amides is 2. The summed E-state index contributed by atoms with van der Waals surface area (Å²) in [5.41, 5.74) is 16.8. The number of ether oxygens (including phenoxy) is 3. The summed E-state index contributed by atoms with van der Waals surface area (Å²) in [6.07, 6.45) is -1.69. The molecule has 13 atom stereocenters. The van der Waals surface area contributed by atoms with Crippen LogP contribution in [0.5, 0.6) is 0 Å². The topological polar surface area (TPSA) is 278 Å². The van der Waals surface area contributed by atoms with Crippen LogP contribution >= 0.6 is 0 Å². The average Bonchev–Trinajstić information content (AvgIpc) is 3.04. The fourth-order valence-electron chi connectivity index (χ4n) is 7.41. The van der Waals surface area contributed by atoms with Gasteiger partial charge in [0, 0.05) is 18.4 Å². The van der Waals surface area contributed by atoms with Crippen molar-refractivity contribution in [3.8, 4) is 0 Å². The molecule has 47 heavy (non-hydrogen) atoms. The molecule has 0 aromatic rings. The van der Waals surface area contributed by atoms with E-state index in [4.69, 9.17) is 31.4 Å². The number of aliphatic hydroxyl groups is 3. The lowest BCUT2D eigenvalue weighted by atomic mass is 9.71. The van der Waals surface area contributed by atoms with Crippen LogP contribution in [0.1, 0.15) is 45.4 Å². The monoisotopic (exact) mass is 670 g/mol. The molecule has 1 aliphatic carbocycles. The molecule has 2 saturated heterocycles. The lowest BCUT2D eigenvalue weighted by Crippen LogP contribution is -2.69. The summed E-state index contributed by atoms with van der Waals surface area (Å²) in [6.45, 7) is 3.12. The Morgan fingerprint density at radius 1 is 1.28 bits per heavy atom. The molecule has 4 aliphatic rings. The molecule has 0 aromatic carbocycles. The Morgan fingerprint density at radius 3 is 2.68 bits per heavy atom. The van der Waals surface area contributed by atoms with Gasteiger partial charge in [0.2, 0.25) is 11.8 Å². The largest absolute Gasteiger partial charge is 0.491 e. The van der Waals surface area contributed by atoms with Crippen molar-refractivity contribution in [3.63, 3.8) is 0 Å². The number of aliphatic hydroxyl groups excluding tert-OH is 2. The maximum Gasteiger partial charge on any atom is 0.249 e. The number of rotatable bonds is 13. The zero-order valence-electron chi connectivity index (χ0n) is 27.3. The number of nitrogens with zero attached hydrogens (tertiary/aromatic N) is 1. The molecule has 0 spiro atoms. The van der Waals surface area contributed by atoms with Crippen LogP contribution in [0.2, 0.25) is 0 Å². The number of nitrogens with one attached hydrogen (secondary N) is 4. The fraction of sp³-hybridized carbons (Fsp3) is 0.867. The Balaban J connectivity index is 1.62. The van der Waals surface area contributed by atoms with Crippen molar-refractivity contribution in [2.75, 3.05) is 39.8 Å². The number of hydrogen-bond donors (Lipinski definition) is 10. The minimum Gasteiger partial charge on any atom is -0.491 e. The molecule has 1 saturated carbocycles. The molecule has 13 N–H and O–H groups in total. The van der Waals surface area contributed by atoms with Gasteiger partial charge in [-0.1, -0.05) is 5.18 Å². The first kappa shape index (κ1) is 37.5. The summed E-state index contributed by atoms with van der Waals surface area (Å²) >= 11 is 0. The fourth-order valence-corrected chi connectivity index (χ4v) is 7.41. The smallest absolute Gasteiger partial charge is 0.249 e. The average molecular weight is 671 g/mol. The van der Waals surface area contributed by atoms with Gasteiger partial charge < -0.3 is 68.0 Å². The first-order valence-corrected chi connectivity index (χ1v) is 16.6. The Bertz CT molecular complexity index is 1090. The van der Waals surface area contributed by atoms with E-state index < -0.39 is 78.3 Å². The number of carbonyl (C=O) groups is 2. The van der Waals surface area contributed by atoms with E-state index in [1.165, 1.54) is 6.92 Å². The van der Waals surface area contributed by atoms with Gasteiger partial charge in [0.25, 0.3) is 0 Å². The lowest BCUT2D eigenvalue weighted by molar-refractivity contribution is -0.288. The Labute approximate surface area is 275 Å². The van der Waals surface area contributed by atoms with Gasteiger partial charge >= 0.3 is 0 Å². The summed E-state index contributed by atoms with van der Waals surface area (Å²) in [5, 5.41) is 47.7. The Kier molecular flexibility index (Phi) is 13.5. The van der Waals surface area contributed by atoms with Crippen molar-refractivity contribution in [1.29, 1.82) is 0 Å². The third-order valence-electron chi connectivity index (χ3n) is 9.86. The van der Waals surface area contributed by atoms with Crippen molar-refractivity contribution < 1.29 is 39.1 Å². The van der Waals surface area contributed by atoms with E-state index in [1.807, 2.05) is 0 Å². The second kappa shape index (κ2) is 16.9. The highest BCUT2D eigenvalue weighted by molar-refractivity contribution is 5.80. The molecule has 3 fully saturated rings. The Morgan fingerprint density at radius 2 is 2.04 bits per heavy atom. The Hall–Kier alpha value is -2.32. The van der Waals surface area contributed by atoms with Gasteiger partial charge in [-0.15, -0.1) is 0 Å². The van der Waals surface area contributed by atoms with E-state index in [9.17, 15) is 29.8 Å². The molecule has 268 valence electrons. The number of likely N-dealkylation sites (N-methyl/N-ethyl adjacent to an activating group) is 1. The van der Waals surface area contributed by atoms with Crippen LogP contribution in [0.4, 0.5) is 0 Å². The number of nitrogens with two attached hydrogens (primary N) is 3. The lowest BCUT2D eigenvalue weighted by Gasteiger charge is -2.50. The van der Waals surface area contributed by atoms with E-state index in [0.717, 1.165) is 25.9 Å². The maximum absolute atomic E-state index is 13.2. The number of piperidine rings is 1. The molecule has 3 aliphatic heterocycles. The highest BCUT2D eigenvalue weighted by atomic mass is 16.7. The molecule has 3 unspecified atom stereocenters. The standard InChI is InChI=1S/C30H54N8O9/c1-30(43)14-45-29(24(41)27(30)34-2)47-26-19(37-28(42)20(39)7-8-31)11-17(33)22(23(26)38-44)25-18(6-5-16(12-32)46-25)36-21(40)10-15-4-3-9-35-13-15/h5,15,17-20,22-27,29,34-35,39,41,43H,3-4,6-14,31-33H2,1-2H3,(H,36,40)(H,37,42)/t15?,17-,18?,19+,20-,22+,23-,24+,25?,26-,27+,29+,30-/m0/s1. The van der Waals surface area contributed by atoms with Crippen LogP contribution in [-0.2, 0) is 23.8 Å². The van der Waals surface area contributed by atoms with E-state index in [0.29, 0.717) is 18.6 Å². The van der Waals surface area contributed by atoms with Crippen LogP contribution in [0, 0.1) is 16.7 Å². The maximum atomic E-state index is 13.2. The van der Waals surface area contributed by atoms with Crippen molar-refractivity contribution in [3.05, 3.63) is 16.7 Å². The van der Waals surface area contributed by atoms with Crippen molar-refractivity contribution in [1.82, 2.24) is 21.3 Å². The molecule has 17 heteroatoms. The van der Waals surface area contributed by atoms with E-state index >= 15 is 0 Å². The normalized spacial score (nSPS) is 40.0. The SMILES string of the molecule is CN[C@@H]1[C@@H](O)[C@@H](O[C@@H]2[C@@H](N=O)[C@H](C3OC(CN)=CCC3NC(=O)CC3CCCNC3)[C@@H](N)C[C@H]2NC(=O)[C@@H](O)CCN)OC[C@]1(C)O. The molecule has 0 aromatic heterocycles. The zero-order valence-corrected chi connectivity index (χ0v) is 27.3. The molecular weight excluding hydrogens is 616 g/mol. The second-order valence-electron chi connectivity index (χ2n) is 13.5. The van der Waals surface area contributed by atoms with Gasteiger partial charge in [0.15, 0.2) is 6.29 Å². The predicted octanol–water partition coefficient (Wildman–Crippen LogP) is -3.39. The van der Waals surface area contributed by atoms with E-state index in [-0.39, 0.29) is 44.4 Å². The number of hydrogen-bond acceptors (Lipinski definition) is 15. The molecule has 3 heterocycles. The van der Waals surface area contributed by atoms with Crippen molar-refractivity contribution in [2.45, 2.75) is 112 Å². The molecular formula is C30H54N8O9. The van der Waals surface area contributed by atoms with Gasteiger partial charge in [-0.25, -0.2) is 0 Å². The van der Waals surface area contributed by atoms with Crippen LogP contribution in [0.25, 0.3) is 0 Å². The highest BCUT2D eigenvalue weighted by Gasteiger charge is 2.55. The van der Waals surface area contributed by atoms with Crippen LogP contribution in [-0.4, -0.2) is 133 Å². The molecule has 2 amide bonds. The first-order chi connectivity index (χ1) is 22.4. The third kappa shape index (κ3) is 9.03. The summed E-state index contributed by atoms with van der Waals surface area (Å²) in [5.74, 6) is -1.06. The zero-order chi connectivity index (χ0) is 34.3. The van der Waals surface area contributed by atoms with Gasteiger partial charge in [0.1, 0.15) is 41.8 Å². The molecule has 17 nitrogen and oxygen atoms in total. The van der Waals surface area contributed by atoms with Crippen LogP contribution in [0.3, 0.4) is 0 Å². The van der Waals surface area contributed by atoms with Gasteiger partial charge in [0.05, 0.1) is 31.3 Å². The molecule has 0 radical (unpaired) electrons. The van der Waals surface area contributed by atoms with E-state index in [1.54, 1.807) is 13.1 Å². The van der Waals surface area contributed by atoms with Crippen LogP contribution < -0.4 is 38.5 Å². The molecule has 0 bridgehead atoms. The summed E-state index contributed by atoms with van der Waals surface area (Å²) in [4.78, 5) is 39.0. The second-order valence-corrected chi connectivity index (χ2v) is 13.5.